The lowest BCUT2D eigenvalue weighted by Crippen LogP contribution is -2.43. The van der Waals surface area contributed by atoms with Gasteiger partial charge in [0.15, 0.2) is 6.61 Å². The zero-order chi connectivity index (χ0) is 16.8. The molecule has 0 aliphatic heterocycles. The second-order valence-corrected chi connectivity index (χ2v) is 5.59. The molecule has 2 N–H and O–H groups in total. The van der Waals surface area contributed by atoms with E-state index in [0.29, 0.717) is 10.2 Å². The van der Waals surface area contributed by atoms with Crippen LogP contribution in [0.1, 0.15) is 15.9 Å². The minimum absolute atomic E-state index is 0.200. The van der Waals surface area contributed by atoms with Gasteiger partial charge in [-0.3, -0.25) is 20.4 Å². The van der Waals surface area contributed by atoms with Crippen molar-refractivity contribution in [1.82, 2.24) is 10.9 Å². The van der Waals surface area contributed by atoms with Gasteiger partial charge in [0.05, 0.1) is 5.56 Å². The Labute approximate surface area is 140 Å². The molecule has 2 aromatic rings. The molecule has 23 heavy (non-hydrogen) atoms. The predicted molar refractivity (Wildman–Crippen MR) is 86.4 cm³/mol. The summed E-state index contributed by atoms with van der Waals surface area (Å²) in [6.07, 6.45) is 0. The Hall–Kier alpha value is -2.41. The molecular weight excluding hydrogens is 367 g/mol. The van der Waals surface area contributed by atoms with Crippen LogP contribution in [0.5, 0.6) is 5.75 Å². The van der Waals surface area contributed by atoms with E-state index in [1.54, 1.807) is 12.1 Å². The van der Waals surface area contributed by atoms with Crippen molar-refractivity contribution in [1.29, 1.82) is 0 Å². The fourth-order valence-corrected chi connectivity index (χ4v) is 2.29. The molecule has 7 heteroatoms. The highest BCUT2D eigenvalue weighted by molar-refractivity contribution is 9.10. The van der Waals surface area contributed by atoms with Crippen LogP contribution in [0.2, 0.25) is 0 Å². The van der Waals surface area contributed by atoms with Gasteiger partial charge in [-0.2, -0.15) is 0 Å². The number of carbonyl (C=O) groups excluding carboxylic acids is 2. The first-order valence-electron chi connectivity index (χ1n) is 6.69. The lowest BCUT2D eigenvalue weighted by Gasteiger charge is -2.10. The van der Waals surface area contributed by atoms with E-state index < -0.39 is 17.6 Å². The number of hydrazine groups is 1. The molecule has 0 aliphatic rings. The molecule has 2 aromatic carbocycles. The fraction of sp³-hybridized carbons (Fsp3) is 0.125. The van der Waals surface area contributed by atoms with E-state index in [9.17, 15) is 14.0 Å². The first-order valence-corrected chi connectivity index (χ1v) is 7.48. The van der Waals surface area contributed by atoms with Crippen LogP contribution in [0, 0.1) is 12.7 Å². The van der Waals surface area contributed by atoms with Crippen molar-refractivity contribution in [2.45, 2.75) is 6.92 Å². The van der Waals surface area contributed by atoms with E-state index in [0.717, 1.165) is 17.7 Å². The quantitative estimate of drug-likeness (QED) is 0.801. The number of halogens is 2. The van der Waals surface area contributed by atoms with E-state index in [4.69, 9.17) is 4.74 Å². The predicted octanol–water partition coefficient (Wildman–Crippen LogP) is 2.74. The summed E-state index contributed by atoms with van der Waals surface area (Å²) >= 11 is 3.08. The van der Waals surface area contributed by atoms with Crippen molar-refractivity contribution in [3.63, 3.8) is 0 Å². The Morgan fingerprint density at radius 3 is 2.65 bits per heavy atom. The van der Waals surface area contributed by atoms with Crippen LogP contribution in [0.4, 0.5) is 4.39 Å². The summed E-state index contributed by atoms with van der Waals surface area (Å²) < 4.78 is 18.6. The molecular formula is C16H14BrFN2O3. The number of aryl methyl sites for hydroxylation is 1. The van der Waals surface area contributed by atoms with Crippen molar-refractivity contribution < 1.29 is 18.7 Å². The molecule has 0 saturated heterocycles. The summed E-state index contributed by atoms with van der Waals surface area (Å²) in [6, 6.07) is 10.9. The molecule has 0 saturated carbocycles. The Balaban J connectivity index is 1.83. The Bertz CT molecular complexity index is 737. The maximum absolute atomic E-state index is 13.0. The maximum Gasteiger partial charge on any atom is 0.276 e. The summed E-state index contributed by atoms with van der Waals surface area (Å²) in [6.45, 7) is 1.67. The number of carbonyl (C=O) groups is 2. The van der Waals surface area contributed by atoms with Crippen LogP contribution in [-0.2, 0) is 4.79 Å². The van der Waals surface area contributed by atoms with Crippen LogP contribution >= 0.6 is 15.9 Å². The van der Waals surface area contributed by atoms with E-state index in [-0.39, 0.29) is 12.2 Å². The summed E-state index contributed by atoms with van der Waals surface area (Å²) in [7, 11) is 0. The molecule has 0 bridgehead atoms. The van der Waals surface area contributed by atoms with Crippen molar-refractivity contribution >= 4 is 27.7 Å². The van der Waals surface area contributed by atoms with Crippen molar-refractivity contribution in [2.24, 2.45) is 0 Å². The number of amides is 2. The third-order valence-corrected chi connectivity index (χ3v) is 3.51. The van der Waals surface area contributed by atoms with Crippen molar-refractivity contribution in [2.75, 3.05) is 6.61 Å². The van der Waals surface area contributed by atoms with Gasteiger partial charge in [0, 0.05) is 4.47 Å². The van der Waals surface area contributed by atoms with Crippen LogP contribution in [0.25, 0.3) is 0 Å². The molecule has 0 heterocycles. The fourth-order valence-electron chi connectivity index (χ4n) is 1.76. The Morgan fingerprint density at radius 1 is 1.17 bits per heavy atom. The monoisotopic (exact) mass is 380 g/mol. The highest BCUT2D eigenvalue weighted by atomic mass is 79.9. The lowest BCUT2D eigenvalue weighted by atomic mass is 10.2. The maximum atomic E-state index is 13.0. The van der Waals surface area contributed by atoms with Gasteiger partial charge >= 0.3 is 0 Å². The molecule has 0 aromatic heterocycles. The number of hydrogen-bond donors (Lipinski definition) is 2. The highest BCUT2D eigenvalue weighted by Crippen LogP contribution is 2.17. The number of nitrogens with one attached hydrogen (secondary N) is 2. The first-order chi connectivity index (χ1) is 11.0. The van der Waals surface area contributed by atoms with Gasteiger partial charge in [-0.25, -0.2) is 4.39 Å². The Morgan fingerprint density at radius 2 is 1.96 bits per heavy atom. The van der Waals surface area contributed by atoms with E-state index in [1.807, 2.05) is 19.1 Å². The van der Waals surface area contributed by atoms with Crippen LogP contribution in [-0.4, -0.2) is 18.4 Å². The number of ether oxygens (including phenoxy) is 1. The van der Waals surface area contributed by atoms with Gasteiger partial charge < -0.3 is 4.74 Å². The zero-order valence-electron chi connectivity index (χ0n) is 12.2. The summed E-state index contributed by atoms with van der Waals surface area (Å²) in [5, 5.41) is 0. The molecule has 5 nitrogen and oxygen atoms in total. The number of benzene rings is 2. The van der Waals surface area contributed by atoms with Gasteiger partial charge in [0.2, 0.25) is 0 Å². The SMILES string of the molecule is Cc1cccc(OCC(=O)NNC(=O)c2ccc(F)cc2Br)c1. The minimum atomic E-state index is -0.569. The van der Waals surface area contributed by atoms with Gasteiger partial charge in [-0.15, -0.1) is 0 Å². The van der Waals surface area contributed by atoms with Gasteiger partial charge in [0.25, 0.3) is 11.8 Å². The third-order valence-electron chi connectivity index (χ3n) is 2.85. The average molecular weight is 381 g/mol. The van der Waals surface area contributed by atoms with Crippen LogP contribution in [0.3, 0.4) is 0 Å². The highest BCUT2D eigenvalue weighted by Gasteiger charge is 2.12. The van der Waals surface area contributed by atoms with E-state index in [1.165, 1.54) is 6.07 Å². The lowest BCUT2D eigenvalue weighted by molar-refractivity contribution is -0.123. The molecule has 0 spiro atoms. The molecule has 120 valence electrons. The van der Waals surface area contributed by atoms with Crippen molar-refractivity contribution in [3.05, 3.63) is 63.9 Å². The summed E-state index contributed by atoms with van der Waals surface area (Å²) in [4.78, 5) is 23.5. The summed E-state index contributed by atoms with van der Waals surface area (Å²) in [5.74, 6) is -0.990. The van der Waals surface area contributed by atoms with Gasteiger partial charge in [-0.05, 0) is 58.7 Å². The van der Waals surface area contributed by atoms with Gasteiger partial charge in [0.1, 0.15) is 11.6 Å². The zero-order valence-corrected chi connectivity index (χ0v) is 13.8. The summed E-state index contributed by atoms with van der Waals surface area (Å²) in [5.41, 5.74) is 5.68. The molecule has 0 aliphatic carbocycles. The Kier molecular flexibility index (Phi) is 5.70. The third kappa shape index (κ3) is 5.07. The van der Waals surface area contributed by atoms with Crippen LogP contribution < -0.4 is 15.6 Å². The second kappa shape index (κ2) is 7.73. The molecule has 0 radical (unpaired) electrons. The molecule has 0 atom stereocenters. The van der Waals surface area contributed by atoms with E-state index >= 15 is 0 Å². The largest absolute Gasteiger partial charge is 0.484 e. The molecule has 2 amide bonds. The number of hydrogen-bond acceptors (Lipinski definition) is 3. The molecule has 2 rings (SSSR count). The molecule has 0 unspecified atom stereocenters. The topological polar surface area (TPSA) is 67.4 Å². The minimum Gasteiger partial charge on any atom is -0.484 e. The number of rotatable bonds is 4. The smallest absolute Gasteiger partial charge is 0.276 e. The standard InChI is InChI=1S/C16H14BrFN2O3/c1-10-3-2-4-12(7-10)23-9-15(21)19-20-16(22)13-6-5-11(18)8-14(13)17/h2-8H,9H2,1H3,(H,19,21)(H,20,22). The van der Waals surface area contributed by atoms with Crippen molar-refractivity contribution in [3.8, 4) is 5.75 Å². The first kappa shape index (κ1) is 17.0. The average Bonchev–Trinajstić information content (AvgIpc) is 2.50. The normalized spacial score (nSPS) is 10.0. The van der Waals surface area contributed by atoms with Crippen LogP contribution in [0.15, 0.2) is 46.9 Å². The van der Waals surface area contributed by atoms with E-state index in [2.05, 4.69) is 26.8 Å². The van der Waals surface area contributed by atoms with Gasteiger partial charge in [-0.1, -0.05) is 12.1 Å². The second-order valence-electron chi connectivity index (χ2n) is 4.73. The molecule has 0 fully saturated rings.